The van der Waals surface area contributed by atoms with E-state index in [1.807, 2.05) is 32.9 Å². The van der Waals surface area contributed by atoms with Crippen molar-refractivity contribution in [1.29, 1.82) is 0 Å². The Morgan fingerprint density at radius 2 is 1.52 bits per heavy atom. The molecule has 0 aliphatic carbocycles. The summed E-state index contributed by atoms with van der Waals surface area (Å²) in [6.07, 6.45) is -1.07. The Balaban J connectivity index is 2.35. The second kappa shape index (κ2) is 5.90. The fraction of sp³-hybridized carbons (Fsp3) is 0.294. The van der Waals surface area contributed by atoms with Crippen LogP contribution < -0.4 is 0 Å². The predicted octanol–water partition coefficient (Wildman–Crippen LogP) is 4.31. The van der Waals surface area contributed by atoms with Crippen molar-refractivity contribution in [2.75, 3.05) is 0 Å². The summed E-state index contributed by atoms with van der Waals surface area (Å²) >= 11 is 0. The van der Waals surface area contributed by atoms with Gasteiger partial charge in [0.1, 0.15) is 0 Å². The van der Waals surface area contributed by atoms with Crippen LogP contribution in [0.1, 0.15) is 33.9 Å². The van der Waals surface area contributed by atoms with E-state index in [2.05, 4.69) is 0 Å². The van der Waals surface area contributed by atoms with Gasteiger partial charge in [-0.15, -0.1) is 0 Å². The van der Waals surface area contributed by atoms with E-state index in [0.29, 0.717) is 0 Å². The van der Waals surface area contributed by atoms with Crippen molar-refractivity contribution >= 4 is 0 Å². The highest BCUT2D eigenvalue weighted by molar-refractivity contribution is 5.38. The van der Waals surface area contributed by atoms with E-state index in [4.69, 9.17) is 0 Å². The minimum absolute atomic E-state index is 0.153. The zero-order valence-corrected chi connectivity index (χ0v) is 12.2. The average molecular weight is 294 g/mol. The first-order valence-corrected chi connectivity index (χ1v) is 6.69. The van der Waals surface area contributed by atoms with Crippen LogP contribution in [0.2, 0.25) is 0 Å². The molecule has 0 spiro atoms. The van der Waals surface area contributed by atoms with Crippen molar-refractivity contribution in [3.63, 3.8) is 0 Å². The first-order chi connectivity index (χ1) is 9.81. The van der Waals surface area contributed by atoms with E-state index in [1.165, 1.54) is 0 Å². The molecule has 0 radical (unpaired) electrons. The van der Waals surface area contributed by atoms with Crippen molar-refractivity contribution in [3.05, 3.63) is 69.5 Å². The minimum Gasteiger partial charge on any atom is -0.388 e. The largest absolute Gasteiger partial charge is 0.388 e. The highest BCUT2D eigenvalue weighted by atomic mass is 19.2. The Labute approximate surface area is 122 Å². The van der Waals surface area contributed by atoms with Gasteiger partial charge in [0.05, 0.1) is 6.10 Å². The van der Waals surface area contributed by atoms with Crippen LogP contribution in [0.4, 0.5) is 13.2 Å². The maximum absolute atomic E-state index is 13.7. The second-order valence-corrected chi connectivity index (χ2v) is 5.36. The van der Waals surface area contributed by atoms with E-state index in [9.17, 15) is 18.3 Å². The molecule has 1 N–H and O–H groups in total. The van der Waals surface area contributed by atoms with Gasteiger partial charge in [-0.2, -0.15) is 0 Å². The van der Waals surface area contributed by atoms with Gasteiger partial charge in [0.25, 0.3) is 0 Å². The van der Waals surface area contributed by atoms with Crippen molar-refractivity contribution < 1.29 is 18.3 Å². The van der Waals surface area contributed by atoms with Gasteiger partial charge >= 0.3 is 0 Å². The summed E-state index contributed by atoms with van der Waals surface area (Å²) in [6.45, 7) is 5.78. The van der Waals surface area contributed by atoms with Crippen molar-refractivity contribution in [1.82, 2.24) is 0 Å². The van der Waals surface area contributed by atoms with E-state index >= 15 is 0 Å². The second-order valence-electron chi connectivity index (χ2n) is 5.36. The Bertz CT molecular complexity index is 657. The van der Waals surface area contributed by atoms with Crippen molar-refractivity contribution in [2.24, 2.45) is 0 Å². The van der Waals surface area contributed by atoms with Gasteiger partial charge in [0.2, 0.25) is 0 Å². The number of aliphatic hydroxyl groups is 1. The maximum atomic E-state index is 13.7. The van der Waals surface area contributed by atoms with Crippen LogP contribution in [-0.4, -0.2) is 5.11 Å². The molecule has 21 heavy (non-hydrogen) atoms. The summed E-state index contributed by atoms with van der Waals surface area (Å²) in [4.78, 5) is 0. The quantitative estimate of drug-likeness (QED) is 0.837. The minimum atomic E-state index is -1.55. The van der Waals surface area contributed by atoms with E-state index in [1.54, 1.807) is 0 Å². The molecule has 0 aromatic heterocycles. The smallest absolute Gasteiger partial charge is 0.194 e. The lowest BCUT2D eigenvalue weighted by atomic mass is 9.93. The summed E-state index contributed by atoms with van der Waals surface area (Å²) in [5.74, 6) is -4.14. The van der Waals surface area contributed by atoms with Crippen LogP contribution >= 0.6 is 0 Å². The number of hydrogen-bond acceptors (Lipinski definition) is 1. The molecule has 0 heterocycles. The third-order valence-corrected chi connectivity index (χ3v) is 3.66. The molecular weight excluding hydrogens is 277 g/mol. The van der Waals surface area contributed by atoms with Gasteiger partial charge in [0.15, 0.2) is 17.5 Å². The van der Waals surface area contributed by atoms with E-state index in [-0.39, 0.29) is 12.0 Å². The number of rotatable bonds is 3. The number of hydrogen-bond donors (Lipinski definition) is 1. The first kappa shape index (κ1) is 15.6. The van der Waals surface area contributed by atoms with Crippen LogP contribution in [0.15, 0.2) is 24.3 Å². The molecule has 0 fully saturated rings. The molecule has 0 amide bonds. The third-order valence-electron chi connectivity index (χ3n) is 3.66. The molecule has 0 saturated heterocycles. The van der Waals surface area contributed by atoms with Gasteiger partial charge in [-0.05, 0) is 43.5 Å². The van der Waals surface area contributed by atoms with Gasteiger partial charge in [-0.1, -0.05) is 23.8 Å². The van der Waals surface area contributed by atoms with Crippen molar-refractivity contribution in [2.45, 2.75) is 33.3 Å². The predicted molar refractivity (Wildman–Crippen MR) is 75.6 cm³/mol. The number of halogens is 3. The maximum Gasteiger partial charge on any atom is 0.194 e. The highest BCUT2D eigenvalue weighted by Gasteiger charge is 2.20. The number of aliphatic hydroxyl groups excluding tert-OH is 1. The SMILES string of the molecule is Cc1cc(C)c(CC(O)c2ccc(F)c(F)c2F)c(C)c1. The number of aryl methyl sites for hydroxylation is 3. The zero-order valence-electron chi connectivity index (χ0n) is 12.2. The average Bonchev–Trinajstić information content (AvgIpc) is 2.40. The fourth-order valence-corrected chi connectivity index (χ4v) is 2.63. The first-order valence-electron chi connectivity index (χ1n) is 6.69. The van der Waals surface area contributed by atoms with Crippen LogP contribution in [-0.2, 0) is 6.42 Å². The summed E-state index contributed by atoms with van der Waals surface area (Å²) in [5.41, 5.74) is 3.72. The molecule has 1 atom stereocenters. The molecule has 112 valence electrons. The Morgan fingerprint density at radius 1 is 0.952 bits per heavy atom. The van der Waals surface area contributed by atoms with Gasteiger partial charge in [-0.25, -0.2) is 13.2 Å². The summed E-state index contributed by atoms with van der Waals surface area (Å²) in [7, 11) is 0. The molecular formula is C17H17F3O. The van der Waals surface area contributed by atoms with Gasteiger partial charge < -0.3 is 5.11 Å². The Morgan fingerprint density at radius 3 is 2.10 bits per heavy atom. The van der Waals surface area contributed by atoms with Crippen LogP contribution in [0.5, 0.6) is 0 Å². The molecule has 1 unspecified atom stereocenters. The molecule has 0 bridgehead atoms. The van der Waals surface area contributed by atoms with Gasteiger partial charge in [0, 0.05) is 12.0 Å². The highest BCUT2D eigenvalue weighted by Crippen LogP contribution is 2.27. The lowest BCUT2D eigenvalue weighted by molar-refractivity contribution is 0.171. The molecule has 2 aromatic rings. The molecule has 2 aromatic carbocycles. The standard InChI is InChI=1S/C17H17F3O/c1-9-6-10(2)13(11(3)7-9)8-15(21)12-4-5-14(18)17(20)16(12)19/h4-7,15,21H,8H2,1-3H3. The molecule has 0 aliphatic rings. The number of benzene rings is 2. The van der Waals surface area contributed by atoms with Crippen molar-refractivity contribution in [3.8, 4) is 0 Å². The lowest BCUT2D eigenvalue weighted by Crippen LogP contribution is -2.09. The van der Waals surface area contributed by atoms with Crippen LogP contribution in [0.3, 0.4) is 0 Å². The molecule has 1 nitrogen and oxygen atoms in total. The van der Waals surface area contributed by atoms with Crippen LogP contribution in [0.25, 0.3) is 0 Å². The summed E-state index contributed by atoms with van der Waals surface area (Å²) in [5, 5.41) is 10.2. The Kier molecular flexibility index (Phi) is 4.37. The topological polar surface area (TPSA) is 20.2 Å². The molecule has 4 heteroatoms. The van der Waals surface area contributed by atoms with E-state index in [0.717, 1.165) is 34.4 Å². The lowest BCUT2D eigenvalue weighted by Gasteiger charge is -2.17. The monoisotopic (exact) mass is 294 g/mol. The zero-order chi connectivity index (χ0) is 15.7. The van der Waals surface area contributed by atoms with Gasteiger partial charge in [-0.3, -0.25) is 0 Å². The summed E-state index contributed by atoms with van der Waals surface area (Å²) in [6, 6.07) is 5.84. The normalized spacial score (nSPS) is 12.5. The molecule has 2 rings (SSSR count). The third kappa shape index (κ3) is 3.10. The summed E-state index contributed by atoms with van der Waals surface area (Å²) < 4.78 is 39.9. The van der Waals surface area contributed by atoms with Crippen LogP contribution in [0, 0.1) is 38.2 Å². The fourth-order valence-electron chi connectivity index (χ4n) is 2.63. The Hall–Kier alpha value is -1.81. The van der Waals surface area contributed by atoms with E-state index < -0.39 is 23.6 Å². The molecule has 0 saturated carbocycles. The molecule has 0 aliphatic heterocycles.